The molecule has 3 aliphatic carbocycles. The van der Waals surface area contributed by atoms with Crippen molar-refractivity contribution < 1.29 is 47.0 Å². The summed E-state index contributed by atoms with van der Waals surface area (Å²) in [6.45, 7) is 9.95. The second-order valence-corrected chi connectivity index (χ2v) is 23.2. The smallest absolute Gasteiger partial charge is 0.276 e. The fourth-order valence-corrected chi connectivity index (χ4v) is 11.8. The van der Waals surface area contributed by atoms with Crippen molar-refractivity contribution in [2.45, 2.75) is 128 Å². The van der Waals surface area contributed by atoms with Gasteiger partial charge in [-0.2, -0.15) is 10.2 Å². The first-order valence-electron chi connectivity index (χ1n) is 25.7. The highest BCUT2D eigenvalue weighted by atomic mass is 32.1. The lowest BCUT2D eigenvalue weighted by Gasteiger charge is -2.43. The van der Waals surface area contributed by atoms with Gasteiger partial charge in [0.15, 0.2) is 11.4 Å². The van der Waals surface area contributed by atoms with Crippen molar-refractivity contribution >= 4 is 46.6 Å². The number of aryl methyl sites for hydroxylation is 1. The molecular formula is C54H63F3N10O7S. The van der Waals surface area contributed by atoms with Gasteiger partial charge < -0.3 is 35.6 Å². The van der Waals surface area contributed by atoms with E-state index in [1.54, 1.807) is 50.3 Å². The maximum atomic E-state index is 14.7. The van der Waals surface area contributed by atoms with Gasteiger partial charge >= 0.3 is 0 Å². The minimum atomic E-state index is -2.78. The third-order valence-corrected chi connectivity index (χ3v) is 16.9. The number of fused-ring (bicyclic) bond motifs is 2. The van der Waals surface area contributed by atoms with E-state index in [0.717, 1.165) is 21.7 Å². The van der Waals surface area contributed by atoms with Crippen molar-refractivity contribution in [1.29, 1.82) is 0 Å². The van der Waals surface area contributed by atoms with Gasteiger partial charge in [0.2, 0.25) is 17.7 Å². The number of β-amino-alcohol motifs (C(OH)–C–C–N with tert-alkyl or cyclic N) is 1. The first-order chi connectivity index (χ1) is 35.6. The molecule has 6 atom stereocenters. The molecule has 0 radical (unpaired) electrons. The lowest BCUT2D eigenvalue weighted by molar-refractivity contribution is -0.145. The van der Waals surface area contributed by atoms with Crippen molar-refractivity contribution in [3.05, 3.63) is 100 Å². The highest BCUT2D eigenvalue weighted by Gasteiger charge is 2.78. The van der Waals surface area contributed by atoms with Crippen molar-refractivity contribution in [1.82, 2.24) is 45.4 Å². The Balaban J connectivity index is 0.732. The first-order valence-corrected chi connectivity index (χ1v) is 26.6. The van der Waals surface area contributed by atoms with E-state index in [0.29, 0.717) is 60.6 Å². The van der Waals surface area contributed by atoms with Crippen LogP contribution in [0.4, 0.5) is 18.9 Å². The number of carbonyl (C=O) groups is 5. The normalized spacial score (nSPS) is 23.0. The molecule has 5 N–H and O–H groups in total. The van der Waals surface area contributed by atoms with Gasteiger partial charge in [-0.3, -0.25) is 33.8 Å². The van der Waals surface area contributed by atoms with Gasteiger partial charge in [0.1, 0.15) is 17.8 Å². The zero-order valence-corrected chi connectivity index (χ0v) is 43.4. The number of thiazole rings is 1. The summed E-state index contributed by atoms with van der Waals surface area (Å²) in [6.07, 6.45) is 4.12. The lowest BCUT2D eigenvalue weighted by Crippen LogP contribution is -2.59. The third-order valence-electron chi connectivity index (χ3n) is 15.9. The van der Waals surface area contributed by atoms with Crippen LogP contribution in [0.25, 0.3) is 10.4 Å². The van der Waals surface area contributed by atoms with Gasteiger partial charge in [0, 0.05) is 85.7 Å². The molecule has 10 rings (SSSR count). The molecular weight excluding hydrogens is 990 g/mol. The summed E-state index contributed by atoms with van der Waals surface area (Å²) in [7, 11) is 0. The number of halogens is 3. The topological polar surface area (TPSA) is 217 Å². The number of carbonyl (C=O) groups excluding carboxylic acids is 5. The number of aromatic nitrogens is 5. The van der Waals surface area contributed by atoms with E-state index < -0.39 is 70.2 Å². The number of aliphatic hydroxyl groups is 1. The molecule has 5 aliphatic rings. The molecule has 398 valence electrons. The third kappa shape index (κ3) is 10.2. The molecule has 21 heteroatoms. The van der Waals surface area contributed by atoms with Crippen LogP contribution in [-0.2, 0) is 38.6 Å². The van der Waals surface area contributed by atoms with Crippen LogP contribution in [-0.4, -0.2) is 125 Å². The maximum Gasteiger partial charge on any atom is 0.276 e. The summed E-state index contributed by atoms with van der Waals surface area (Å²) in [5.74, 6) is -5.44. The largest absolute Gasteiger partial charge is 0.493 e. The van der Waals surface area contributed by atoms with Crippen LogP contribution in [0.15, 0.2) is 66.4 Å². The molecule has 0 unspecified atom stereocenters. The number of amides is 5. The second-order valence-electron chi connectivity index (χ2n) is 22.3. The number of nitrogens with zero attached hydrogens (tertiary/aromatic N) is 6. The van der Waals surface area contributed by atoms with E-state index in [-0.39, 0.29) is 75.4 Å². The number of alkyl halides is 3. The number of aliphatic hydroxyl groups excluding tert-OH is 1. The van der Waals surface area contributed by atoms with Gasteiger partial charge in [0.25, 0.3) is 17.7 Å². The number of hydrogen-bond donors (Lipinski definition) is 5. The van der Waals surface area contributed by atoms with E-state index in [2.05, 4.69) is 36.2 Å². The monoisotopic (exact) mass is 1050 g/mol. The molecule has 2 saturated carbocycles. The van der Waals surface area contributed by atoms with Crippen molar-refractivity contribution in [3.63, 3.8) is 0 Å². The first kappa shape index (κ1) is 51.9. The van der Waals surface area contributed by atoms with E-state index in [1.807, 2.05) is 60.4 Å². The van der Waals surface area contributed by atoms with E-state index in [4.69, 9.17) is 4.74 Å². The van der Waals surface area contributed by atoms with E-state index in [1.165, 1.54) is 16.2 Å². The SMILES string of the molecule is Cc1ncsc1-c1ccc(CNC(=O)[C@@H]2C[C@@H](O)CN2C(=O)[C@@H](NC(=O)C2(F)CC2)C(C)(C)C)c(OCCCCC(=O)N2CC([C@@H](c3ccccc3)n3cc(NC(=O)c4n[nH]c5c4C[C@@H]4C(F)(F)[C@]4(C)C5)cn3)C2)c1. The average molecular weight is 1050 g/mol. The van der Waals surface area contributed by atoms with Crippen molar-refractivity contribution in [3.8, 4) is 16.2 Å². The Hall–Kier alpha value is -6.61. The Bertz CT molecular complexity index is 3000. The van der Waals surface area contributed by atoms with Crippen LogP contribution < -0.4 is 20.7 Å². The zero-order chi connectivity index (χ0) is 53.2. The summed E-state index contributed by atoms with van der Waals surface area (Å²) >= 11 is 1.49. The molecule has 2 aromatic carbocycles. The number of ether oxygens (including phenoxy) is 1. The number of H-pyrrole nitrogens is 1. The Morgan fingerprint density at radius 3 is 2.49 bits per heavy atom. The van der Waals surface area contributed by atoms with Crippen LogP contribution in [0.5, 0.6) is 5.75 Å². The van der Waals surface area contributed by atoms with Gasteiger partial charge in [-0.25, -0.2) is 18.2 Å². The van der Waals surface area contributed by atoms with Gasteiger partial charge in [-0.05, 0) is 61.6 Å². The second kappa shape index (κ2) is 19.8. The number of benzene rings is 2. The van der Waals surface area contributed by atoms with Gasteiger partial charge in [-0.15, -0.1) is 11.3 Å². The Labute approximate surface area is 436 Å². The summed E-state index contributed by atoms with van der Waals surface area (Å²) < 4.78 is 52.0. The quantitative estimate of drug-likeness (QED) is 0.0595. The number of nitrogens with one attached hydrogen (secondary N) is 4. The highest BCUT2D eigenvalue weighted by Crippen LogP contribution is 2.70. The number of rotatable bonds is 18. The molecule has 4 fully saturated rings. The summed E-state index contributed by atoms with van der Waals surface area (Å²) in [5.41, 5.74) is 2.89. The van der Waals surface area contributed by atoms with Gasteiger partial charge in [-0.1, -0.05) is 70.2 Å². The number of hydrogen-bond acceptors (Lipinski definition) is 11. The predicted octanol–water partition coefficient (Wildman–Crippen LogP) is 6.57. The Morgan fingerprint density at radius 2 is 1.79 bits per heavy atom. The lowest BCUT2D eigenvalue weighted by atomic mass is 9.85. The molecule has 0 bridgehead atoms. The Kier molecular flexibility index (Phi) is 13.7. The maximum absolute atomic E-state index is 14.7. The number of aromatic amines is 1. The highest BCUT2D eigenvalue weighted by molar-refractivity contribution is 7.13. The van der Waals surface area contributed by atoms with Crippen LogP contribution in [0.3, 0.4) is 0 Å². The predicted molar refractivity (Wildman–Crippen MR) is 271 cm³/mol. The number of anilines is 1. The van der Waals surface area contributed by atoms with Gasteiger partial charge in [0.05, 0.1) is 46.7 Å². The number of unbranched alkanes of at least 4 members (excludes halogenated alkanes) is 1. The molecule has 3 aromatic heterocycles. The standard InChI is InChI=1S/C54H63F3N10O7S/c1-30-45(75-29-59-30)32-14-15-33(23-58-47(70)39-20-36(68)28-66(39)49(72)46(51(2,3)4)62-50(73)53(55)16-17-53)40(19-32)74-18-10-9-13-42(69)65-25-34(26-65)44(31-11-7-6-8-12-31)67-27-35(24-60-67)61-48(71)43-37-21-41-52(5,54(41,56)57)22-38(37)63-64-43/h6-8,11-12,14-15,19,24,27,29,34,36,39,41,44,46,68H,9-10,13,16-18,20-23,25-26,28H2,1-5H3,(H,58,70)(H,61,71)(H,62,73)(H,63,64)/t36-,39+,41+,44-,46-,52-/m1/s1. The van der Waals surface area contributed by atoms with E-state index in [9.17, 15) is 42.3 Å². The van der Waals surface area contributed by atoms with E-state index >= 15 is 0 Å². The fourth-order valence-electron chi connectivity index (χ4n) is 11.0. The Morgan fingerprint density at radius 1 is 1.03 bits per heavy atom. The minimum Gasteiger partial charge on any atom is -0.493 e. The molecule has 5 aromatic rings. The molecule has 75 heavy (non-hydrogen) atoms. The van der Waals surface area contributed by atoms with Crippen LogP contribution in [0.2, 0.25) is 0 Å². The number of likely N-dealkylation sites (tertiary alicyclic amines) is 2. The van der Waals surface area contributed by atoms with Crippen LogP contribution in [0.1, 0.15) is 111 Å². The average Bonchev–Trinajstić information content (AvgIpc) is 3.87. The molecule has 2 aliphatic heterocycles. The molecule has 5 amide bonds. The van der Waals surface area contributed by atoms with Crippen molar-refractivity contribution in [2.75, 3.05) is 31.6 Å². The summed E-state index contributed by atoms with van der Waals surface area (Å²) in [6, 6.07) is 13.1. The fraction of sp³-hybridized carbons (Fsp3) is 0.519. The molecule has 2 saturated heterocycles. The minimum absolute atomic E-state index is 0.00860. The summed E-state index contributed by atoms with van der Waals surface area (Å²) in [5, 5.41) is 30.7. The molecule has 5 heterocycles. The molecule has 17 nitrogen and oxygen atoms in total. The molecule has 0 spiro atoms. The van der Waals surface area contributed by atoms with Crippen molar-refractivity contribution in [2.24, 2.45) is 22.7 Å². The summed E-state index contributed by atoms with van der Waals surface area (Å²) in [4.78, 5) is 76.0. The van der Waals surface area contributed by atoms with Crippen LogP contribution in [0, 0.1) is 29.6 Å². The zero-order valence-electron chi connectivity index (χ0n) is 42.6. The van der Waals surface area contributed by atoms with Crippen LogP contribution >= 0.6 is 11.3 Å².